The average Bonchev–Trinajstić information content (AvgIpc) is 3.51. The van der Waals surface area contributed by atoms with Crippen molar-refractivity contribution in [3.05, 3.63) is 49.6 Å². The number of aryl methyl sites for hydroxylation is 1. The van der Waals surface area contributed by atoms with Crippen LogP contribution < -0.4 is 15.2 Å². The van der Waals surface area contributed by atoms with Crippen molar-refractivity contribution in [2.24, 2.45) is 7.05 Å². The van der Waals surface area contributed by atoms with Crippen molar-refractivity contribution in [3.63, 3.8) is 0 Å². The van der Waals surface area contributed by atoms with Gasteiger partial charge >= 0.3 is 6.09 Å². The minimum absolute atomic E-state index is 0.0106. The SMILES string of the molecule is Cc1cc(N(C(=O)OC(C)(C)C)S(=O)(=O)C2(CCO)CC2)c(Nc2ccc(I)cc2F)n(C)c1=O. The number of halogens is 2. The van der Waals surface area contributed by atoms with Crippen molar-refractivity contribution in [2.45, 2.75) is 57.3 Å². The number of nitrogens with zero attached hydrogens (tertiary/aromatic N) is 2. The largest absolute Gasteiger partial charge is 0.443 e. The average molecular weight is 621 g/mol. The molecule has 0 spiro atoms. The van der Waals surface area contributed by atoms with Crippen LogP contribution >= 0.6 is 22.6 Å². The van der Waals surface area contributed by atoms with Gasteiger partial charge in [0.15, 0.2) is 0 Å². The summed E-state index contributed by atoms with van der Waals surface area (Å²) in [6.07, 6.45) is -0.706. The van der Waals surface area contributed by atoms with Crippen molar-refractivity contribution >= 4 is 55.9 Å². The Bertz CT molecular complexity index is 1320. The second-order valence-corrected chi connectivity index (χ2v) is 13.0. The molecular formula is C23H29FIN3O6S. The van der Waals surface area contributed by atoms with Crippen LogP contribution in [0, 0.1) is 16.3 Å². The first-order valence-corrected chi connectivity index (χ1v) is 13.5. The fourth-order valence-corrected chi connectivity index (χ4v) is 6.14. The zero-order chi connectivity index (χ0) is 26.3. The number of aromatic nitrogens is 1. The van der Waals surface area contributed by atoms with Gasteiger partial charge < -0.3 is 15.2 Å². The monoisotopic (exact) mass is 621 g/mol. The summed E-state index contributed by atoms with van der Waals surface area (Å²) in [4.78, 5) is 26.1. The molecule has 0 unspecified atom stereocenters. The second kappa shape index (κ2) is 9.69. The van der Waals surface area contributed by atoms with Crippen molar-refractivity contribution in [1.29, 1.82) is 0 Å². The van der Waals surface area contributed by atoms with E-state index < -0.39 is 37.8 Å². The molecule has 12 heteroatoms. The van der Waals surface area contributed by atoms with Crippen LogP contribution in [0.2, 0.25) is 0 Å². The van der Waals surface area contributed by atoms with Gasteiger partial charge in [-0.15, -0.1) is 0 Å². The van der Waals surface area contributed by atoms with Gasteiger partial charge in [-0.3, -0.25) is 9.36 Å². The number of carbonyl (C=O) groups is 1. The van der Waals surface area contributed by atoms with Crippen molar-refractivity contribution in [3.8, 4) is 0 Å². The zero-order valence-electron chi connectivity index (χ0n) is 20.2. The molecular weight excluding hydrogens is 592 g/mol. The smallest absolute Gasteiger partial charge is 0.429 e. The summed E-state index contributed by atoms with van der Waals surface area (Å²) in [7, 11) is -3.01. The van der Waals surface area contributed by atoms with Crippen molar-refractivity contribution in [2.75, 3.05) is 16.2 Å². The fraction of sp³-hybridized carbons (Fsp3) is 0.478. The number of hydrogen-bond donors (Lipinski definition) is 2. The van der Waals surface area contributed by atoms with E-state index >= 15 is 0 Å². The summed E-state index contributed by atoms with van der Waals surface area (Å²) < 4.78 is 48.9. The molecule has 2 aromatic rings. The number of sulfonamides is 1. The lowest BCUT2D eigenvalue weighted by atomic mass is 10.2. The maximum Gasteiger partial charge on any atom is 0.429 e. The van der Waals surface area contributed by atoms with Gasteiger partial charge in [-0.25, -0.2) is 17.6 Å². The molecule has 0 bridgehead atoms. The molecule has 1 amide bonds. The molecule has 1 heterocycles. The van der Waals surface area contributed by atoms with Crippen LogP contribution in [0.5, 0.6) is 0 Å². The van der Waals surface area contributed by atoms with Gasteiger partial charge in [0.1, 0.15) is 22.9 Å². The first-order valence-electron chi connectivity index (χ1n) is 10.9. The first-order chi connectivity index (χ1) is 16.1. The van der Waals surface area contributed by atoms with Gasteiger partial charge in [0, 0.05) is 22.8 Å². The standard InChI is InChI=1S/C23H29FIN3O6S/c1-14-12-18(19(27(5)20(14)30)26-17-7-6-15(25)13-16(17)24)28(21(31)34-22(2,3)4)35(32,33)23(8-9-23)10-11-29/h6-7,12-13,26,29H,8-11H2,1-5H3. The minimum atomic E-state index is -4.41. The Kier molecular flexibility index (Phi) is 7.59. The number of rotatable bonds is 7. The Morgan fingerprint density at radius 1 is 1.31 bits per heavy atom. The van der Waals surface area contributed by atoms with Crippen molar-refractivity contribution < 1.29 is 27.4 Å². The molecule has 0 saturated heterocycles. The van der Waals surface area contributed by atoms with Crippen LogP contribution in [0.25, 0.3) is 0 Å². The molecule has 0 radical (unpaired) electrons. The number of benzene rings is 1. The van der Waals surface area contributed by atoms with Gasteiger partial charge in [0.05, 0.1) is 10.4 Å². The molecule has 35 heavy (non-hydrogen) atoms. The summed E-state index contributed by atoms with van der Waals surface area (Å²) in [5.74, 6) is -0.726. The normalized spacial score (nSPS) is 15.0. The highest BCUT2D eigenvalue weighted by molar-refractivity contribution is 14.1. The van der Waals surface area contributed by atoms with Crippen LogP contribution in [0.1, 0.15) is 45.6 Å². The maximum atomic E-state index is 14.7. The molecule has 1 aromatic carbocycles. The van der Waals surface area contributed by atoms with Gasteiger partial charge in [-0.05, 0) is 93.8 Å². The van der Waals surface area contributed by atoms with E-state index in [-0.39, 0.29) is 48.6 Å². The topological polar surface area (TPSA) is 118 Å². The molecule has 9 nitrogen and oxygen atoms in total. The van der Waals surface area contributed by atoms with E-state index in [4.69, 9.17) is 4.74 Å². The highest BCUT2D eigenvalue weighted by Crippen LogP contribution is 2.50. The molecule has 1 fully saturated rings. The number of aliphatic hydroxyl groups excluding tert-OH is 1. The molecule has 1 aliphatic carbocycles. The molecule has 1 aliphatic rings. The van der Waals surface area contributed by atoms with Gasteiger partial charge in [-0.1, -0.05) is 0 Å². The lowest BCUT2D eigenvalue weighted by Crippen LogP contribution is -2.47. The minimum Gasteiger partial charge on any atom is -0.443 e. The summed E-state index contributed by atoms with van der Waals surface area (Å²) in [6, 6.07) is 5.63. The number of amides is 1. The number of carbonyl (C=O) groups excluding carboxylic acids is 1. The molecule has 0 aliphatic heterocycles. The Labute approximate surface area is 217 Å². The number of anilines is 3. The van der Waals surface area contributed by atoms with E-state index in [9.17, 15) is 27.5 Å². The third-order valence-electron chi connectivity index (χ3n) is 5.70. The molecule has 3 rings (SSSR count). The lowest BCUT2D eigenvalue weighted by molar-refractivity contribution is 0.0608. The predicted molar refractivity (Wildman–Crippen MR) is 140 cm³/mol. The van der Waals surface area contributed by atoms with Gasteiger partial charge in [0.2, 0.25) is 10.0 Å². The number of pyridine rings is 1. The van der Waals surface area contributed by atoms with E-state index in [1.165, 1.54) is 32.2 Å². The van der Waals surface area contributed by atoms with Crippen LogP contribution in [-0.2, 0) is 21.8 Å². The maximum absolute atomic E-state index is 14.7. The number of hydrogen-bond acceptors (Lipinski definition) is 7. The predicted octanol–water partition coefficient (Wildman–Crippen LogP) is 4.17. The Morgan fingerprint density at radius 2 is 1.94 bits per heavy atom. The summed E-state index contributed by atoms with van der Waals surface area (Å²) in [5.41, 5.74) is -1.50. The molecule has 1 saturated carbocycles. The van der Waals surface area contributed by atoms with E-state index in [1.54, 1.807) is 26.8 Å². The fourth-order valence-electron chi connectivity index (χ4n) is 3.70. The highest BCUT2D eigenvalue weighted by Gasteiger charge is 2.58. The Hall–Kier alpha value is -2.19. The van der Waals surface area contributed by atoms with E-state index in [0.717, 1.165) is 4.57 Å². The van der Waals surface area contributed by atoms with Crippen molar-refractivity contribution in [1.82, 2.24) is 4.57 Å². The van der Waals surface area contributed by atoms with Crippen LogP contribution in [0.15, 0.2) is 29.1 Å². The van der Waals surface area contributed by atoms with Gasteiger partial charge in [0.25, 0.3) is 5.56 Å². The highest BCUT2D eigenvalue weighted by atomic mass is 127. The van der Waals surface area contributed by atoms with Gasteiger partial charge in [-0.2, -0.15) is 4.31 Å². The number of aliphatic hydroxyl groups is 1. The lowest BCUT2D eigenvalue weighted by Gasteiger charge is -2.31. The van der Waals surface area contributed by atoms with Crippen LogP contribution in [0.3, 0.4) is 0 Å². The van der Waals surface area contributed by atoms with E-state index in [2.05, 4.69) is 5.32 Å². The van der Waals surface area contributed by atoms with Crippen LogP contribution in [0.4, 0.5) is 26.4 Å². The molecule has 2 N–H and O–H groups in total. The second-order valence-electron chi connectivity index (χ2n) is 9.58. The number of nitrogens with one attached hydrogen (secondary N) is 1. The molecule has 0 atom stereocenters. The third-order valence-corrected chi connectivity index (χ3v) is 8.90. The Morgan fingerprint density at radius 3 is 2.46 bits per heavy atom. The Balaban J connectivity index is 2.28. The number of ether oxygens (including phenoxy) is 1. The summed E-state index contributed by atoms with van der Waals surface area (Å²) >= 11 is 1.95. The third kappa shape index (κ3) is 5.48. The van der Waals surface area contributed by atoms with E-state index in [0.29, 0.717) is 7.88 Å². The summed E-state index contributed by atoms with van der Waals surface area (Å²) in [6.45, 7) is 5.90. The molecule has 192 valence electrons. The first kappa shape index (κ1) is 27.4. The zero-order valence-corrected chi connectivity index (χ0v) is 23.2. The van der Waals surface area contributed by atoms with E-state index in [1.807, 2.05) is 22.6 Å². The summed E-state index contributed by atoms with van der Waals surface area (Å²) in [5, 5.41) is 12.3. The quantitative estimate of drug-likeness (QED) is 0.446. The van der Waals surface area contributed by atoms with Crippen LogP contribution in [-0.4, -0.2) is 41.1 Å². The molecule has 1 aromatic heterocycles.